The van der Waals surface area contributed by atoms with Crippen molar-refractivity contribution in [2.75, 3.05) is 6.54 Å². The maximum Gasteiger partial charge on any atom is 0.0678 e. The molecule has 0 aromatic heterocycles. The van der Waals surface area contributed by atoms with Crippen LogP contribution in [-0.4, -0.2) is 6.54 Å². The molecule has 1 unspecified atom stereocenters. The van der Waals surface area contributed by atoms with Crippen LogP contribution in [0.2, 0.25) is 0 Å². The van der Waals surface area contributed by atoms with E-state index in [4.69, 9.17) is 5.73 Å². The first kappa shape index (κ1) is 11.9. The molecule has 0 amide bonds. The molecular weight excluding hydrogens is 208 g/mol. The van der Waals surface area contributed by atoms with Crippen molar-refractivity contribution < 1.29 is 0 Å². The van der Waals surface area contributed by atoms with Gasteiger partial charge in [0.2, 0.25) is 0 Å². The van der Waals surface area contributed by atoms with Crippen molar-refractivity contribution in [2.24, 2.45) is 5.73 Å². The number of nitrogens with two attached hydrogens (primary N) is 1. The van der Waals surface area contributed by atoms with Crippen LogP contribution in [0.1, 0.15) is 25.3 Å². The summed E-state index contributed by atoms with van der Waals surface area (Å²) in [5.41, 5.74) is 8.07. The zero-order chi connectivity index (χ0) is 12.1. The Morgan fingerprint density at radius 2 is 2.06 bits per heavy atom. The normalized spacial score (nSPS) is 23.5. The largest absolute Gasteiger partial charge is 0.402 e. The molecule has 1 atom stereocenters. The van der Waals surface area contributed by atoms with E-state index in [9.17, 15) is 0 Å². The summed E-state index contributed by atoms with van der Waals surface area (Å²) in [5.74, 6) is 0. The van der Waals surface area contributed by atoms with Crippen LogP contribution in [0.15, 0.2) is 54.3 Å². The Hall–Kier alpha value is -1.54. The average molecular weight is 228 g/mol. The van der Waals surface area contributed by atoms with Gasteiger partial charge in [-0.2, -0.15) is 0 Å². The maximum atomic E-state index is 5.99. The van der Waals surface area contributed by atoms with Crippen LogP contribution in [-0.2, 0) is 5.54 Å². The standard InChI is InChI=1S/C15H20N2/c1-2-11-17-15(10-6-9-14(16)12-15)13-7-4-3-5-8-13/h3-10,17H,2,11-12,16H2,1H3. The van der Waals surface area contributed by atoms with Crippen LogP contribution < -0.4 is 11.1 Å². The lowest BCUT2D eigenvalue weighted by Crippen LogP contribution is -2.43. The van der Waals surface area contributed by atoms with Gasteiger partial charge in [0.15, 0.2) is 0 Å². The van der Waals surface area contributed by atoms with Gasteiger partial charge in [0, 0.05) is 12.1 Å². The van der Waals surface area contributed by atoms with Crippen molar-refractivity contribution in [1.82, 2.24) is 5.32 Å². The van der Waals surface area contributed by atoms with E-state index in [0.29, 0.717) is 0 Å². The van der Waals surface area contributed by atoms with Gasteiger partial charge in [-0.15, -0.1) is 0 Å². The molecule has 0 heterocycles. The Morgan fingerprint density at radius 3 is 2.71 bits per heavy atom. The lowest BCUT2D eigenvalue weighted by atomic mass is 9.82. The average Bonchev–Trinajstić information content (AvgIpc) is 2.37. The third-order valence-electron chi connectivity index (χ3n) is 3.15. The molecule has 1 aliphatic carbocycles. The summed E-state index contributed by atoms with van der Waals surface area (Å²) in [4.78, 5) is 0. The Morgan fingerprint density at radius 1 is 1.29 bits per heavy atom. The molecule has 0 radical (unpaired) electrons. The van der Waals surface area contributed by atoms with Gasteiger partial charge in [-0.05, 0) is 24.6 Å². The van der Waals surface area contributed by atoms with E-state index in [-0.39, 0.29) is 5.54 Å². The van der Waals surface area contributed by atoms with Gasteiger partial charge < -0.3 is 11.1 Å². The van der Waals surface area contributed by atoms with Gasteiger partial charge in [-0.3, -0.25) is 0 Å². The van der Waals surface area contributed by atoms with Crippen molar-refractivity contribution in [2.45, 2.75) is 25.3 Å². The van der Waals surface area contributed by atoms with E-state index >= 15 is 0 Å². The smallest absolute Gasteiger partial charge is 0.0678 e. The summed E-state index contributed by atoms with van der Waals surface area (Å²) < 4.78 is 0. The first-order chi connectivity index (χ1) is 8.27. The minimum atomic E-state index is -0.129. The highest BCUT2D eigenvalue weighted by atomic mass is 15.0. The predicted octanol–water partition coefficient (Wildman–Crippen LogP) is 2.68. The van der Waals surface area contributed by atoms with Crippen LogP contribution in [0.5, 0.6) is 0 Å². The first-order valence-corrected chi connectivity index (χ1v) is 6.21. The molecular formula is C15H20N2. The minimum Gasteiger partial charge on any atom is -0.402 e. The van der Waals surface area contributed by atoms with Crippen LogP contribution in [0.25, 0.3) is 0 Å². The third kappa shape index (κ3) is 2.59. The fraction of sp³-hybridized carbons (Fsp3) is 0.333. The van der Waals surface area contributed by atoms with Crippen LogP contribution in [0, 0.1) is 0 Å². The van der Waals surface area contributed by atoms with E-state index in [1.54, 1.807) is 0 Å². The minimum absolute atomic E-state index is 0.129. The summed E-state index contributed by atoms with van der Waals surface area (Å²) in [6, 6.07) is 10.5. The van der Waals surface area contributed by atoms with E-state index < -0.39 is 0 Å². The van der Waals surface area contributed by atoms with Gasteiger partial charge >= 0.3 is 0 Å². The molecule has 2 nitrogen and oxygen atoms in total. The Balaban J connectivity index is 2.32. The molecule has 1 aromatic rings. The molecule has 0 aliphatic heterocycles. The fourth-order valence-corrected chi connectivity index (χ4v) is 2.28. The molecule has 1 aliphatic rings. The molecule has 3 N–H and O–H groups in total. The molecule has 0 saturated carbocycles. The third-order valence-corrected chi connectivity index (χ3v) is 3.15. The van der Waals surface area contributed by atoms with Gasteiger partial charge in [0.05, 0.1) is 5.54 Å². The molecule has 1 aromatic carbocycles. The van der Waals surface area contributed by atoms with Crippen molar-refractivity contribution in [1.29, 1.82) is 0 Å². The number of hydrogen-bond acceptors (Lipinski definition) is 2. The zero-order valence-corrected chi connectivity index (χ0v) is 10.3. The lowest BCUT2D eigenvalue weighted by Gasteiger charge is -2.34. The summed E-state index contributed by atoms with van der Waals surface area (Å²) in [6.45, 7) is 3.17. The quantitative estimate of drug-likeness (QED) is 0.831. The second-order valence-electron chi connectivity index (χ2n) is 4.54. The number of rotatable bonds is 4. The van der Waals surface area contributed by atoms with Crippen molar-refractivity contribution in [3.63, 3.8) is 0 Å². The van der Waals surface area contributed by atoms with E-state index in [2.05, 4.69) is 48.7 Å². The van der Waals surface area contributed by atoms with Crippen molar-refractivity contribution in [3.05, 3.63) is 59.8 Å². The molecule has 17 heavy (non-hydrogen) atoms. The fourth-order valence-electron chi connectivity index (χ4n) is 2.28. The summed E-state index contributed by atoms with van der Waals surface area (Å²) in [5, 5.41) is 3.62. The Labute approximate surface area is 103 Å². The first-order valence-electron chi connectivity index (χ1n) is 6.21. The van der Waals surface area contributed by atoms with Gasteiger partial charge in [-0.1, -0.05) is 49.4 Å². The topological polar surface area (TPSA) is 38.0 Å². The van der Waals surface area contributed by atoms with Crippen LogP contribution in [0.3, 0.4) is 0 Å². The summed E-state index contributed by atoms with van der Waals surface area (Å²) >= 11 is 0. The highest BCUT2D eigenvalue weighted by molar-refractivity contribution is 5.36. The molecule has 0 spiro atoms. The molecule has 2 heteroatoms. The SMILES string of the molecule is CCCNC1(c2ccccc2)C=CC=C(N)C1. The maximum absolute atomic E-state index is 5.99. The number of benzene rings is 1. The van der Waals surface area contributed by atoms with Gasteiger partial charge in [0.25, 0.3) is 0 Å². The van der Waals surface area contributed by atoms with Crippen molar-refractivity contribution in [3.8, 4) is 0 Å². The summed E-state index contributed by atoms with van der Waals surface area (Å²) in [6.07, 6.45) is 8.21. The highest BCUT2D eigenvalue weighted by Gasteiger charge is 2.30. The van der Waals surface area contributed by atoms with Crippen LogP contribution >= 0.6 is 0 Å². The van der Waals surface area contributed by atoms with Gasteiger partial charge in [-0.25, -0.2) is 0 Å². The van der Waals surface area contributed by atoms with Crippen molar-refractivity contribution >= 4 is 0 Å². The lowest BCUT2D eigenvalue weighted by molar-refractivity contribution is 0.406. The molecule has 0 saturated heterocycles. The predicted molar refractivity (Wildman–Crippen MR) is 72.4 cm³/mol. The summed E-state index contributed by atoms with van der Waals surface area (Å²) in [7, 11) is 0. The highest BCUT2D eigenvalue weighted by Crippen LogP contribution is 2.31. The Bertz CT molecular complexity index is 420. The second kappa shape index (κ2) is 5.19. The second-order valence-corrected chi connectivity index (χ2v) is 4.54. The molecule has 90 valence electrons. The van der Waals surface area contributed by atoms with Gasteiger partial charge in [0.1, 0.15) is 0 Å². The molecule has 2 rings (SSSR count). The number of hydrogen-bond donors (Lipinski definition) is 2. The van der Waals surface area contributed by atoms with Crippen LogP contribution in [0.4, 0.5) is 0 Å². The van der Waals surface area contributed by atoms with E-state index in [1.165, 1.54) is 5.56 Å². The molecule has 0 bridgehead atoms. The number of allylic oxidation sites excluding steroid dienone is 2. The zero-order valence-electron chi connectivity index (χ0n) is 10.3. The number of nitrogens with one attached hydrogen (secondary N) is 1. The van der Waals surface area contributed by atoms with E-state index in [0.717, 1.165) is 25.1 Å². The Kier molecular flexibility index (Phi) is 3.64. The molecule has 0 fully saturated rings. The monoisotopic (exact) mass is 228 g/mol. The van der Waals surface area contributed by atoms with E-state index in [1.807, 2.05) is 12.1 Å².